The molecule has 0 bridgehead atoms. The zero-order chi connectivity index (χ0) is 16.9. The van der Waals surface area contributed by atoms with E-state index in [4.69, 9.17) is 9.84 Å². The number of hydrogen-bond acceptors (Lipinski definition) is 6. The van der Waals surface area contributed by atoms with E-state index in [0.29, 0.717) is 11.4 Å². The highest BCUT2D eigenvalue weighted by Crippen LogP contribution is 2.30. The smallest absolute Gasteiger partial charge is 0.286 e. The number of hydrogen-bond donors (Lipinski definition) is 1. The molecule has 6 nitrogen and oxygen atoms in total. The summed E-state index contributed by atoms with van der Waals surface area (Å²) in [6.07, 6.45) is 1.87. The zero-order valence-corrected chi connectivity index (χ0v) is 14.5. The molecule has 0 unspecified atom stereocenters. The minimum absolute atomic E-state index is 0.177. The summed E-state index contributed by atoms with van der Waals surface area (Å²) in [6.45, 7) is 4.31. The number of aliphatic hydroxyl groups excluding tert-OH is 1. The normalized spacial score (nSPS) is 20.6. The molecule has 1 N–H and O–H groups in total. The van der Waals surface area contributed by atoms with Gasteiger partial charge in [0, 0.05) is 32.7 Å². The Bertz CT molecular complexity index is 650. The Labute approximate surface area is 145 Å². The number of carbonyl (C=O) groups is 1. The molecule has 0 spiro atoms. The van der Waals surface area contributed by atoms with E-state index >= 15 is 0 Å². The van der Waals surface area contributed by atoms with Gasteiger partial charge in [0.15, 0.2) is 5.17 Å². The maximum Gasteiger partial charge on any atom is 0.286 e. The Morgan fingerprint density at radius 2 is 1.96 bits per heavy atom. The van der Waals surface area contributed by atoms with Crippen LogP contribution in [0.15, 0.2) is 34.2 Å². The third kappa shape index (κ3) is 3.98. The highest BCUT2D eigenvalue weighted by molar-refractivity contribution is 8.18. The molecule has 24 heavy (non-hydrogen) atoms. The number of aliphatic imine (C=N–C) groups is 1. The molecular weight excluding hydrogens is 326 g/mol. The lowest BCUT2D eigenvalue weighted by atomic mass is 10.2. The number of piperazine rings is 1. The van der Waals surface area contributed by atoms with Gasteiger partial charge in [0.25, 0.3) is 5.91 Å². The van der Waals surface area contributed by atoms with Crippen molar-refractivity contribution in [2.75, 3.05) is 46.4 Å². The van der Waals surface area contributed by atoms with Gasteiger partial charge in [-0.3, -0.25) is 9.69 Å². The molecule has 128 valence electrons. The highest BCUT2D eigenvalue weighted by atomic mass is 32.2. The molecule has 1 aromatic rings. The Balaban J connectivity index is 1.62. The molecule has 1 saturated heterocycles. The van der Waals surface area contributed by atoms with Gasteiger partial charge in [0.1, 0.15) is 5.75 Å². The van der Waals surface area contributed by atoms with Crippen molar-refractivity contribution in [1.82, 2.24) is 9.80 Å². The summed E-state index contributed by atoms with van der Waals surface area (Å²) in [5.41, 5.74) is 0.955. The van der Waals surface area contributed by atoms with Crippen molar-refractivity contribution >= 4 is 28.9 Å². The summed E-state index contributed by atoms with van der Waals surface area (Å²) in [7, 11) is 1.63. The van der Waals surface area contributed by atoms with Crippen LogP contribution in [0.25, 0.3) is 6.08 Å². The Morgan fingerprint density at radius 3 is 2.58 bits per heavy atom. The molecule has 0 aromatic heterocycles. The van der Waals surface area contributed by atoms with Crippen molar-refractivity contribution in [3.8, 4) is 5.75 Å². The summed E-state index contributed by atoms with van der Waals surface area (Å²) in [6, 6.07) is 7.59. The van der Waals surface area contributed by atoms with E-state index in [1.54, 1.807) is 7.11 Å². The topological polar surface area (TPSA) is 65.4 Å². The molecule has 0 radical (unpaired) electrons. The van der Waals surface area contributed by atoms with Gasteiger partial charge in [-0.25, -0.2) is 0 Å². The van der Waals surface area contributed by atoms with Crippen molar-refractivity contribution in [2.24, 2.45) is 4.99 Å². The van der Waals surface area contributed by atoms with Crippen LogP contribution in [-0.2, 0) is 4.79 Å². The van der Waals surface area contributed by atoms with E-state index in [2.05, 4.69) is 14.8 Å². The van der Waals surface area contributed by atoms with Crippen molar-refractivity contribution in [2.45, 2.75) is 0 Å². The lowest BCUT2D eigenvalue weighted by Gasteiger charge is -2.34. The number of aliphatic hydroxyl groups is 1. The first-order valence-electron chi connectivity index (χ1n) is 7.94. The first-order valence-corrected chi connectivity index (χ1v) is 8.76. The van der Waals surface area contributed by atoms with Crippen molar-refractivity contribution in [1.29, 1.82) is 0 Å². The average molecular weight is 347 g/mol. The number of carbonyl (C=O) groups excluding carboxylic acids is 1. The third-order valence-electron chi connectivity index (χ3n) is 4.08. The van der Waals surface area contributed by atoms with Gasteiger partial charge < -0.3 is 14.7 Å². The van der Waals surface area contributed by atoms with Crippen LogP contribution in [0, 0.1) is 0 Å². The van der Waals surface area contributed by atoms with Gasteiger partial charge in [-0.2, -0.15) is 4.99 Å². The fourth-order valence-corrected chi connectivity index (χ4v) is 3.65. The number of β-amino-alcohol motifs (C(OH)–C–C–N with tert-alkyl or cyclic N) is 1. The number of methoxy groups -OCH3 is 1. The van der Waals surface area contributed by atoms with E-state index in [1.807, 2.05) is 30.3 Å². The lowest BCUT2D eigenvalue weighted by molar-refractivity contribution is -0.113. The zero-order valence-electron chi connectivity index (χ0n) is 13.6. The molecule has 1 aromatic carbocycles. The predicted octanol–water partition coefficient (Wildman–Crippen LogP) is 1.28. The monoisotopic (exact) mass is 347 g/mol. The fraction of sp³-hybridized carbons (Fsp3) is 0.412. The first-order chi connectivity index (χ1) is 11.7. The third-order valence-corrected chi connectivity index (χ3v) is 5.13. The summed E-state index contributed by atoms with van der Waals surface area (Å²) in [5, 5.41) is 9.78. The quantitative estimate of drug-likeness (QED) is 0.828. The number of benzene rings is 1. The molecule has 0 aliphatic carbocycles. The molecule has 0 atom stereocenters. The number of ether oxygens (including phenoxy) is 1. The molecule has 3 rings (SSSR count). The number of amidine groups is 1. The molecule has 7 heteroatoms. The second-order valence-electron chi connectivity index (χ2n) is 5.64. The number of nitrogens with zero attached hydrogens (tertiary/aromatic N) is 3. The molecular formula is C17H21N3O3S. The molecule has 2 heterocycles. The predicted molar refractivity (Wildman–Crippen MR) is 96.1 cm³/mol. The second-order valence-corrected chi connectivity index (χ2v) is 6.64. The van der Waals surface area contributed by atoms with Crippen LogP contribution >= 0.6 is 11.8 Å². The largest absolute Gasteiger partial charge is 0.497 e. The Morgan fingerprint density at radius 1 is 1.25 bits per heavy atom. The minimum Gasteiger partial charge on any atom is -0.497 e. The molecule has 1 fully saturated rings. The van der Waals surface area contributed by atoms with Crippen LogP contribution in [0.2, 0.25) is 0 Å². The van der Waals surface area contributed by atoms with E-state index in [9.17, 15) is 4.79 Å². The number of rotatable bonds is 4. The van der Waals surface area contributed by atoms with Crippen molar-refractivity contribution in [3.05, 3.63) is 34.7 Å². The minimum atomic E-state index is -0.177. The Kier molecular flexibility index (Phi) is 5.55. The SMILES string of the molecule is COc1ccc(/C=C2/SC(N3CCN(CCO)CC3)=NC2=O)cc1. The van der Waals surface area contributed by atoms with Crippen LogP contribution in [0.5, 0.6) is 5.75 Å². The van der Waals surface area contributed by atoms with E-state index in [0.717, 1.165) is 42.7 Å². The van der Waals surface area contributed by atoms with Gasteiger partial charge in [-0.05, 0) is 35.5 Å². The fourth-order valence-electron chi connectivity index (χ4n) is 2.69. The summed E-state index contributed by atoms with van der Waals surface area (Å²) < 4.78 is 5.14. The maximum atomic E-state index is 12.2. The van der Waals surface area contributed by atoms with Crippen LogP contribution in [-0.4, -0.2) is 72.4 Å². The second kappa shape index (κ2) is 7.83. The summed E-state index contributed by atoms with van der Waals surface area (Å²) in [5.74, 6) is 0.615. The van der Waals surface area contributed by atoms with Crippen LogP contribution < -0.4 is 4.74 Å². The van der Waals surface area contributed by atoms with E-state index < -0.39 is 0 Å². The van der Waals surface area contributed by atoms with Crippen LogP contribution in [0.3, 0.4) is 0 Å². The number of amides is 1. The molecule has 2 aliphatic heterocycles. The highest BCUT2D eigenvalue weighted by Gasteiger charge is 2.28. The van der Waals surface area contributed by atoms with Crippen molar-refractivity contribution < 1.29 is 14.6 Å². The average Bonchev–Trinajstić information content (AvgIpc) is 2.97. The lowest BCUT2D eigenvalue weighted by Crippen LogP contribution is -2.48. The van der Waals surface area contributed by atoms with Crippen LogP contribution in [0.4, 0.5) is 0 Å². The van der Waals surface area contributed by atoms with E-state index in [1.165, 1.54) is 11.8 Å². The van der Waals surface area contributed by atoms with Gasteiger partial charge in [0.05, 0.1) is 18.6 Å². The van der Waals surface area contributed by atoms with Gasteiger partial charge in [-0.1, -0.05) is 12.1 Å². The van der Waals surface area contributed by atoms with Gasteiger partial charge in [-0.15, -0.1) is 0 Å². The van der Waals surface area contributed by atoms with Gasteiger partial charge >= 0.3 is 0 Å². The number of thioether (sulfide) groups is 1. The molecule has 2 aliphatic rings. The molecule has 0 saturated carbocycles. The Hall–Kier alpha value is -1.83. The maximum absolute atomic E-state index is 12.2. The molecule has 1 amide bonds. The van der Waals surface area contributed by atoms with Crippen LogP contribution in [0.1, 0.15) is 5.56 Å². The summed E-state index contributed by atoms with van der Waals surface area (Å²) >= 11 is 1.43. The van der Waals surface area contributed by atoms with Crippen molar-refractivity contribution in [3.63, 3.8) is 0 Å². The summed E-state index contributed by atoms with van der Waals surface area (Å²) in [4.78, 5) is 21.4. The van der Waals surface area contributed by atoms with E-state index in [-0.39, 0.29) is 12.5 Å². The first kappa shape index (κ1) is 17.0. The standard InChI is InChI=1S/C17H21N3O3S/c1-23-14-4-2-13(3-5-14)12-15-16(22)18-17(24-15)20-8-6-19(7-9-20)10-11-21/h2-5,12,21H,6-11H2,1H3/b15-12+. The van der Waals surface area contributed by atoms with Gasteiger partial charge in [0.2, 0.25) is 0 Å².